The second kappa shape index (κ2) is 2.87. The largest absolute Gasteiger partial charge is 0.0819 e. The zero-order valence-corrected chi connectivity index (χ0v) is 9.55. The molecule has 0 N–H and O–H groups in total. The van der Waals surface area contributed by atoms with Crippen LogP contribution in [0.4, 0.5) is 0 Å². The van der Waals surface area contributed by atoms with E-state index in [4.69, 9.17) is 0 Å². The first-order valence-electron chi connectivity index (χ1n) is 6.38. The van der Waals surface area contributed by atoms with E-state index in [1.807, 2.05) is 5.57 Å². The summed E-state index contributed by atoms with van der Waals surface area (Å²) in [6.45, 7) is 4.97. The van der Waals surface area contributed by atoms with Gasteiger partial charge in [-0.25, -0.2) is 0 Å². The van der Waals surface area contributed by atoms with Gasteiger partial charge in [-0.2, -0.15) is 0 Å². The number of fused-ring (bicyclic) bond motifs is 2. The van der Waals surface area contributed by atoms with E-state index in [1.165, 1.54) is 38.5 Å². The molecule has 0 aliphatic heterocycles. The molecule has 0 heterocycles. The SMILES string of the molecule is CC1(C)C2CC/C(=C/C3CCC3)C1C2. The number of hydrogen-bond donors (Lipinski definition) is 0. The Morgan fingerprint density at radius 3 is 2.50 bits per heavy atom. The van der Waals surface area contributed by atoms with Crippen molar-refractivity contribution in [3.8, 4) is 0 Å². The van der Waals surface area contributed by atoms with Gasteiger partial charge in [-0.05, 0) is 55.3 Å². The summed E-state index contributed by atoms with van der Waals surface area (Å²) < 4.78 is 0. The maximum atomic E-state index is 2.66. The first-order valence-corrected chi connectivity index (χ1v) is 6.38. The molecular formula is C14H22. The Morgan fingerprint density at radius 2 is 2.00 bits per heavy atom. The predicted molar refractivity (Wildman–Crippen MR) is 60.0 cm³/mol. The number of hydrogen-bond acceptors (Lipinski definition) is 0. The smallest absolute Gasteiger partial charge is 0.0146 e. The van der Waals surface area contributed by atoms with Crippen LogP contribution in [0.25, 0.3) is 0 Å². The Balaban J connectivity index is 1.77. The van der Waals surface area contributed by atoms with E-state index >= 15 is 0 Å². The summed E-state index contributed by atoms with van der Waals surface area (Å²) in [4.78, 5) is 0. The van der Waals surface area contributed by atoms with Gasteiger partial charge in [0, 0.05) is 0 Å². The minimum atomic E-state index is 0.647. The van der Waals surface area contributed by atoms with Crippen molar-refractivity contribution in [3.63, 3.8) is 0 Å². The molecule has 0 saturated heterocycles. The van der Waals surface area contributed by atoms with Gasteiger partial charge in [-0.15, -0.1) is 0 Å². The lowest BCUT2D eigenvalue weighted by atomic mass is 9.47. The second-order valence-electron chi connectivity index (χ2n) is 6.28. The highest BCUT2D eigenvalue weighted by atomic mass is 14.6. The fourth-order valence-electron chi connectivity index (χ4n) is 3.76. The van der Waals surface area contributed by atoms with E-state index in [0.29, 0.717) is 5.41 Å². The average Bonchev–Trinajstić information content (AvgIpc) is 2.11. The van der Waals surface area contributed by atoms with E-state index in [2.05, 4.69) is 19.9 Å². The molecule has 4 saturated carbocycles. The Kier molecular flexibility index (Phi) is 1.84. The van der Waals surface area contributed by atoms with Gasteiger partial charge >= 0.3 is 0 Å². The van der Waals surface area contributed by atoms with Crippen molar-refractivity contribution in [1.82, 2.24) is 0 Å². The zero-order valence-electron chi connectivity index (χ0n) is 9.55. The summed E-state index contributed by atoms with van der Waals surface area (Å²) in [5.41, 5.74) is 2.48. The van der Waals surface area contributed by atoms with Gasteiger partial charge in [0.2, 0.25) is 0 Å². The molecule has 0 nitrogen and oxygen atoms in total. The number of allylic oxidation sites excluding steroid dienone is 2. The summed E-state index contributed by atoms with van der Waals surface area (Å²) >= 11 is 0. The quantitative estimate of drug-likeness (QED) is 0.544. The van der Waals surface area contributed by atoms with Crippen LogP contribution in [0, 0.1) is 23.2 Å². The molecule has 0 aromatic rings. The third-order valence-electron chi connectivity index (χ3n) is 5.30. The van der Waals surface area contributed by atoms with Gasteiger partial charge in [0.1, 0.15) is 0 Å². The molecule has 4 aliphatic rings. The van der Waals surface area contributed by atoms with Crippen LogP contribution in [0.3, 0.4) is 0 Å². The minimum absolute atomic E-state index is 0.647. The van der Waals surface area contributed by atoms with Gasteiger partial charge in [0.15, 0.2) is 0 Å². The minimum Gasteiger partial charge on any atom is -0.0819 e. The summed E-state index contributed by atoms with van der Waals surface area (Å²) in [7, 11) is 0. The number of rotatable bonds is 1. The van der Waals surface area contributed by atoms with Crippen molar-refractivity contribution in [2.75, 3.05) is 0 Å². The molecule has 4 rings (SSSR count). The Hall–Kier alpha value is -0.260. The standard InChI is InChI=1S/C14H22/c1-14(2)12-7-6-11(13(14)9-12)8-10-4-3-5-10/h8,10,12-13H,3-7,9H2,1-2H3/b11-8-. The van der Waals surface area contributed by atoms with Gasteiger partial charge in [0.25, 0.3) is 0 Å². The first kappa shape index (κ1) is 9.00. The predicted octanol–water partition coefficient (Wildman–Crippen LogP) is 4.17. The Morgan fingerprint density at radius 1 is 1.21 bits per heavy atom. The van der Waals surface area contributed by atoms with Crippen molar-refractivity contribution in [1.29, 1.82) is 0 Å². The van der Waals surface area contributed by atoms with Gasteiger partial charge in [0.05, 0.1) is 0 Å². The van der Waals surface area contributed by atoms with Crippen LogP contribution in [-0.2, 0) is 0 Å². The van der Waals surface area contributed by atoms with E-state index in [9.17, 15) is 0 Å². The highest BCUT2D eigenvalue weighted by Gasteiger charge is 2.51. The third kappa shape index (κ3) is 1.12. The fourth-order valence-corrected chi connectivity index (χ4v) is 3.76. The van der Waals surface area contributed by atoms with E-state index < -0.39 is 0 Å². The molecule has 0 amide bonds. The van der Waals surface area contributed by atoms with Crippen molar-refractivity contribution in [2.24, 2.45) is 23.2 Å². The van der Waals surface area contributed by atoms with Crippen molar-refractivity contribution in [2.45, 2.75) is 52.4 Å². The summed E-state index contributed by atoms with van der Waals surface area (Å²) in [6, 6.07) is 0. The van der Waals surface area contributed by atoms with Gasteiger partial charge in [-0.3, -0.25) is 0 Å². The maximum absolute atomic E-state index is 2.66. The van der Waals surface area contributed by atoms with Crippen LogP contribution in [-0.4, -0.2) is 0 Å². The summed E-state index contributed by atoms with van der Waals surface area (Å²) in [5.74, 6) is 2.98. The molecule has 4 aliphatic carbocycles. The molecule has 2 atom stereocenters. The molecule has 14 heavy (non-hydrogen) atoms. The zero-order chi connectivity index (χ0) is 9.76. The van der Waals surface area contributed by atoms with Crippen LogP contribution >= 0.6 is 0 Å². The molecule has 78 valence electrons. The summed E-state index contributed by atoms with van der Waals surface area (Å²) in [5, 5.41) is 0. The average molecular weight is 190 g/mol. The fraction of sp³-hybridized carbons (Fsp3) is 0.857. The Bertz CT molecular complexity index is 266. The summed E-state index contributed by atoms with van der Waals surface area (Å²) in [6.07, 6.45) is 11.5. The van der Waals surface area contributed by atoms with Crippen LogP contribution in [0.15, 0.2) is 11.6 Å². The van der Waals surface area contributed by atoms with Crippen LogP contribution in [0.5, 0.6) is 0 Å². The highest BCUT2D eigenvalue weighted by molar-refractivity contribution is 5.23. The highest BCUT2D eigenvalue weighted by Crippen LogP contribution is 2.61. The Labute approximate surface area is 87.8 Å². The second-order valence-corrected chi connectivity index (χ2v) is 6.28. The lowest BCUT2D eigenvalue weighted by molar-refractivity contribution is -0.0284. The first-order chi connectivity index (χ1) is 6.68. The van der Waals surface area contributed by atoms with Crippen LogP contribution < -0.4 is 0 Å². The monoisotopic (exact) mass is 190 g/mol. The van der Waals surface area contributed by atoms with E-state index in [-0.39, 0.29) is 0 Å². The van der Waals surface area contributed by atoms with Crippen molar-refractivity contribution < 1.29 is 0 Å². The topological polar surface area (TPSA) is 0 Å². The molecule has 0 radical (unpaired) electrons. The third-order valence-corrected chi connectivity index (χ3v) is 5.30. The van der Waals surface area contributed by atoms with Crippen molar-refractivity contribution in [3.05, 3.63) is 11.6 Å². The maximum Gasteiger partial charge on any atom is -0.0146 e. The molecule has 0 aromatic carbocycles. The van der Waals surface area contributed by atoms with Crippen molar-refractivity contribution >= 4 is 0 Å². The normalized spacial score (nSPS) is 43.1. The molecule has 4 fully saturated rings. The van der Waals surface area contributed by atoms with Crippen LogP contribution in [0.2, 0.25) is 0 Å². The lowest BCUT2D eigenvalue weighted by Gasteiger charge is -2.58. The molecule has 0 aromatic heterocycles. The molecular weight excluding hydrogens is 168 g/mol. The molecule has 0 spiro atoms. The van der Waals surface area contributed by atoms with E-state index in [1.54, 1.807) is 0 Å². The van der Waals surface area contributed by atoms with Gasteiger partial charge < -0.3 is 0 Å². The van der Waals surface area contributed by atoms with Gasteiger partial charge in [-0.1, -0.05) is 31.9 Å². The molecule has 0 heteroatoms. The van der Waals surface area contributed by atoms with Crippen LogP contribution in [0.1, 0.15) is 52.4 Å². The lowest BCUT2D eigenvalue weighted by Crippen LogP contribution is -2.49. The van der Waals surface area contributed by atoms with E-state index in [0.717, 1.165) is 17.8 Å². The molecule has 2 unspecified atom stereocenters. The molecule has 2 bridgehead atoms.